The quantitative estimate of drug-likeness (QED) is 0.699. The molecule has 0 aromatic heterocycles. The van der Waals surface area contributed by atoms with Crippen LogP contribution in [0.4, 0.5) is 5.69 Å². The molecule has 3 aliphatic rings. The van der Waals surface area contributed by atoms with Crippen LogP contribution in [-0.2, 0) is 4.79 Å². The number of aliphatic hydroxyl groups is 1. The van der Waals surface area contributed by atoms with Gasteiger partial charge in [-0.2, -0.15) is 0 Å². The number of carbonyl (C=O) groups is 2. The van der Waals surface area contributed by atoms with Crippen LogP contribution in [0.5, 0.6) is 0 Å². The zero-order valence-corrected chi connectivity index (χ0v) is 13.7. The highest BCUT2D eigenvalue weighted by Gasteiger charge is 2.67. The molecule has 0 radical (unpaired) electrons. The second-order valence-corrected chi connectivity index (χ2v) is 7.41. The molecule has 4 atom stereocenters. The van der Waals surface area contributed by atoms with Crippen molar-refractivity contribution in [3.8, 4) is 0 Å². The molecule has 1 aromatic carbocycles. The smallest absolute Gasteiger partial charge is 0.251 e. The Labute approximate surface area is 141 Å². The van der Waals surface area contributed by atoms with Crippen LogP contribution in [0, 0.1) is 29.6 Å². The average Bonchev–Trinajstić information content (AvgIpc) is 3.04. The van der Waals surface area contributed by atoms with Gasteiger partial charge in [0, 0.05) is 30.3 Å². The summed E-state index contributed by atoms with van der Waals surface area (Å²) < 4.78 is 0. The topological polar surface area (TPSA) is 78.4 Å². The van der Waals surface area contributed by atoms with Crippen molar-refractivity contribution < 1.29 is 14.7 Å². The number of benzene rings is 1. The molecule has 3 saturated carbocycles. The Morgan fingerprint density at radius 3 is 2.38 bits per heavy atom. The maximum Gasteiger partial charge on any atom is 0.251 e. The van der Waals surface area contributed by atoms with E-state index >= 15 is 0 Å². The number of anilines is 1. The van der Waals surface area contributed by atoms with Crippen LogP contribution in [0.1, 0.15) is 36.0 Å². The summed E-state index contributed by atoms with van der Waals surface area (Å²) in [4.78, 5) is 24.4. The van der Waals surface area contributed by atoms with Gasteiger partial charge in [-0.15, -0.1) is 0 Å². The number of amides is 2. The Bertz CT molecular complexity index is 627. The van der Waals surface area contributed by atoms with Gasteiger partial charge in [0.1, 0.15) is 0 Å². The Morgan fingerprint density at radius 1 is 1.08 bits per heavy atom. The fourth-order valence-corrected chi connectivity index (χ4v) is 4.99. The molecule has 128 valence electrons. The highest BCUT2D eigenvalue weighted by atomic mass is 16.3. The van der Waals surface area contributed by atoms with E-state index in [4.69, 9.17) is 5.11 Å². The van der Waals surface area contributed by atoms with Gasteiger partial charge in [-0.05, 0) is 73.6 Å². The molecular weight excluding hydrogens is 304 g/mol. The molecule has 2 bridgehead atoms. The molecular formula is C19H24N2O3. The number of aliphatic hydroxyl groups excluding tert-OH is 1. The van der Waals surface area contributed by atoms with Crippen LogP contribution >= 0.6 is 0 Å². The van der Waals surface area contributed by atoms with Crippen molar-refractivity contribution in [2.24, 2.45) is 29.6 Å². The van der Waals surface area contributed by atoms with Crippen LogP contribution in [0.2, 0.25) is 0 Å². The van der Waals surface area contributed by atoms with Gasteiger partial charge in [-0.25, -0.2) is 0 Å². The van der Waals surface area contributed by atoms with Crippen molar-refractivity contribution in [2.45, 2.75) is 25.7 Å². The molecule has 24 heavy (non-hydrogen) atoms. The summed E-state index contributed by atoms with van der Waals surface area (Å²) in [7, 11) is 0. The maximum atomic E-state index is 12.5. The highest BCUT2D eigenvalue weighted by molar-refractivity contribution is 5.97. The molecule has 3 aliphatic carbocycles. The van der Waals surface area contributed by atoms with Gasteiger partial charge in [-0.1, -0.05) is 0 Å². The third-order valence-electron chi connectivity index (χ3n) is 6.07. The molecule has 4 unspecified atom stereocenters. The van der Waals surface area contributed by atoms with Crippen molar-refractivity contribution in [2.75, 3.05) is 18.5 Å². The van der Waals surface area contributed by atoms with Gasteiger partial charge >= 0.3 is 0 Å². The fourth-order valence-electron chi connectivity index (χ4n) is 4.99. The van der Waals surface area contributed by atoms with Crippen molar-refractivity contribution in [3.05, 3.63) is 29.8 Å². The Morgan fingerprint density at radius 2 is 1.75 bits per heavy atom. The summed E-state index contributed by atoms with van der Waals surface area (Å²) in [6.45, 7) is 0.525. The minimum atomic E-state index is -0.158. The molecule has 0 saturated heterocycles. The third-order valence-corrected chi connectivity index (χ3v) is 6.07. The van der Waals surface area contributed by atoms with Gasteiger partial charge in [0.05, 0.1) is 0 Å². The zero-order valence-electron chi connectivity index (χ0n) is 13.7. The molecule has 5 nitrogen and oxygen atoms in total. The summed E-state index contributed by atoms with van der Waals surface area (Å²) in [6, 6.07) is 7.01. The number of rotatable bonds is 6. The zero-order chi connectivity index (χ0) is 16.7. The van der Waals surface area contributed by atoms with E-state index in [1.54, 1.807) is 24.3 Å². The second kappa shape index (κ2) is 6.20. The molecule has 0 spiro atoms. The summed E-state index contributed by atoms with van der Waals surface area (Å²) in [5.74, 6) is 3.08. The van der Waals surface area contributed by atoms with Crippen molar-refractivity contribution in [1.82, 2.24) is 5.32 Å². The number of hydrogen-bond acceptors (Lipinski definition) is 3. The first kappa shape index (κ1) is 15.6. The van der Waals surface area contributed by atoms with Gasteiger partial charge in [0.15, 0.2) is 0 Å². The Kier molecular flexibility index (Phi) is 4.04. The van der Waals surface area contributed by atoms with E-state index in [0.717, 1.165) is 17.5 Å². The molecule has 5 heteroatoms. The normalized spacial score (nSPS) is 32.3. The largest absolute Gasteiger partial charge is 0.396 e. The Balaban J connectivity index is 1.31. The number of nitrogens with one attached hydrogen (secondary N) is 2. The minimum absolute atomic E-state index is 0.0656. The SMILES string of the molecule is O=C(NCCCO)c1ccc(NC(=O)C2C3C4CCC(C4)C23)cc1. The summed E-state index contributed by atoms with van der Waals surface area (Å²) >= 11 is 0. The third kappa shape index (κ3) is 2.71. The summed E-state index contributed by atoms with van der Waals surface area (Å²) in [6.07, 6.45) is 4.52. The second-order valence-electron chi connectivity index (χ2n) is 7.41. The highest BCUT2D eigenvalue weighted by Crippen LogP contribution is 2.69. The first-order chi connectivity index (χ1) is 11.7. The molecule has 1 aromatic rings. The summed E-state index contributed by atoms with van der Waals surface area (Å²) in [5.41, 5.74) is 1.32. The predicted molar refractivity (Wildman–Crippen MR) is 90.4 cm³/mol. The molecule has 3 fully saturated rings. The van der Waals surface area contributed by atoms with Crippen molar-refractivity contribution in [3.63, 3.8) is 0 Å². The predicted octanol–water partition coefficient (Wildman–Crippen LogP) is 2.03. The van der Waals surface area contributed by atoms with Gasteiger partial charge in [-0.3, -0.25) is 9.59 Å². The van der Waals surface area contributed by atoms with Gasteiger partial charge in [0.25, 0.3) is 5.91 Å². The van der Waals surface area contributed by atoms with E-state index in [1.807, 2.05) is 0 Å². The van der Waals surface area contributed by atoms with Crippen LogP contribution < -0.4 is 10.6 Å². The number of hydrogen-bond donors (Lipinski definition) is 3. The fraction of sp³-hybridized carbons (Fsp3) is 0.579. The van der Waals surface area contributed by atoms with Crippen molar-refractivity contribution in [1.29, 1.82) is 0 Å². The first-order valence-corrected chi connectivity index (χ1v) is 8.99. The van der Waals surface area contributed by atoms with Crippen LogP contribution in [0.15, 0.2) is 24.3 Å². The average molecular weight is 328 g/mol. The lowest BCUT2D eigenvalue weighted by Gasteiger charge is -2.10. The van der Waals surface area contributed by atoms with Gasteiger partial charge < -0.3 is 15.7 Å². The van der Waals surface area contributed by atoms with Gasteiger partial charge in [0.2, 0.25) is 5.91 Å². The first-order valence-electron chi connectivity index (χ1n) is 8.99. The maximum absolute atomic E-state index is 12.5. The molecule has 0 aliphatic heterocycles. The van der Waals surface area contributed by atoms with E-state index in [0.29, 0.717) is 30.4 Å². The van der Waals surface area contributed by atoms with E-state index in [9.17, 15) is 9.59 Å². The van der Waals surface area contributed by atoms with E-state index in [-0.39, 0.29) is 24.3 Å². The monoisotopic (exact) mass is 328 g/mol. The molecule has 3 N–H and O–H groups in total. The lowest BCUT2D eigenvalue weighted by atomic mass is 10.0. The molecule has 0 heterocycles. The van der Waals surface area contributed by atoms with Crippen LogP contribution in [0.3, 0.4) is 0 Å². The standard InChI is InChI=1S/C19H24N2O3/c22-9-1-8-20-18(23)11-4-6-14(7-5-11)21-19(24)17-15-12-2-3-13(10-12)16(15)17/h4-7,12-13,15-17,22H,1-3,8-10H2,(H,20,23)(H,21,24). The molecule has 4 rings (SSSR count). The van der Waals surface area contributed by atoms with E-state index in [1.165, 1.54) is 19.3 Å². The van der Waals surface area contributed by atoms with Crippen LogP contribution in [-0.4, -0.2) is 30.1 Å². The van der Waals surface area contributed by atoms with E-state index in [2.05, 4.69) is 10.6 Å². The van der Waals surface area contributed by atoms with Crippen molar-refractivity contribution >= 4 is 17.5 Å². The lowest BCUT2D eigenvalue weighted by molar-refractivity contribution is -0.118. The van der Waals surface area contributed by atoms with Crippen LogP contribution in [0.25, 0.3) is 0 Å². The molecule has 2 amide bonds. The number of fused-ring (bicyclic) bond motifs is 5. The van der Waals surface area contributed by atoms with E-state index < -0.39 is 0 Å². The number of carbonyl (C=O) groups excluding carboxylic acids is 2. The Hall–Kier alpha value is -1.88. The summed E-state index contributed by atoms with van der Waals surface area (Å²) in [5, 5.41) is 14.5. The minimum Gasteiger partial charge on any atom is -0.396 e. The lowest BCUT2D eigenvalue weighted by Crippen LogP contribution is -2.25.